The molecule has 0 bridgehead atoms. The molecule has 15 heavy (non-hydrogen) atoms. The van der Waals surface area contributed by atoms with Crippen molar-refractivity contribution >= 4 is 16.5 Å². The summed E-state index contributed by atoms with van der Waals surface area (Å²) in [5.41, 5.74) is 0. The smallest absolute Gasteiger partial charge is 0.185 e. The van der Waals surface area contributed by atoms with Crippen LogP contribution in [0.2, 0.25) is 0 Å². The monoisotopic (exact) mass is 227 g/mol. The first-order valence-corrected chi connectivity index (χ1v) is 6.02. The molecule has 0 amide bonds. The Morgan fingerprint density at radius 3 is 3.27 bits per heavy atom. The quantitative estimate of drug-likeness (QED) is 0.835. The van der Waals surface area contributed by atoms with Crippen LogP contribution in [-0.2, 0) is 11.3 Å². The Labute approximate surface area is 94.3 Å². The Morgan fingerprint density at radius 1 is 1.73 bits per heavy atom. The van der Waals surface area contributed by atoms with Crippen molar-refractivity contribution in [2.75, 3.05) is 32.1 Å². The van der Waals surface area contributed by atoms with Crippen LogP contribution in [0.1, 0.15) is 11.3 Å². The molecular formula is C10H17N3OS. The Hall–Kier alpha value is -0.650. The van der Waals surface area contributed by atoms with Gasteiger partial charge < -0.3 is 15.0 Å². The van der Waals surface area contributed by atoms with Crippen LogP contribution in [0.15, 0.2) is 6.20 Å². The van der Waals surface area contributed by atoms with Crippen LogP contribution in [-0.4, -0.2) is 38.3 Å². The van der Waals surface area contributed by atoms with Gasteiger partial charge >= 0.3 is 0 Å². The highest BCUT2D eigenvalue weighted by Crippen LogP contribution is 2.26. The maximum atomic E-state index is 5.34. The van der Waals surface area contributed by atoms with Crippen molar-refractivity contribution in [3.8, 4) is 0 Å². The molecular weight excluding hydrogens is 210 g/mol. The summed E-state index contributed by atoms with van der Waals surface area (Å²) in [6.45, 7) is 2.94. The number of methoxy groups -OCH3 is 1. The van der Waals surface area contributed by atoms with Gasteiger partial charge in [-0.05, 0) is 13.5 Å². The lowest BCUT2D eigenvalue weighted by atomic mass is 10.3. The number of ether oxygens (including phenoxy) is 1. The van der Waals surface area contributed by atoms with E-state index in [1.807, 2.05) is 13.2 Å². The van der Waals surface area contributed by atoms with E-state index in [0.717, 1.165) is 31.2 Å². The number of anilines is 1. The van der Waals surface area contributed by atoms with Crippen molar-refractivity contribution in [1.82, 2.24) is 10.3 Å². The topological polar surface area (TPSA) is 37.4 Å². The van der Waals surface area contributed by atoms with Crippen molar-refractivity contribution < 1.29 is 4.74 Å². The lowest BCUT2D eigenvalue weighted by Crippen LogP contribution is -2.21. The predicted octanol–water partition coefficient (Wildman–Crippen LogP) is 1.09. The summed E-state index contributed by atoms with van der Waals surface area (Å²) < 4.78 is 5.34. The molecule has 1 aliphatic heterocycles. The third-order valence-corrected chi connectivity index (χ3v) is 3.70. The fourth-order valence-electron chi connectivity index (χ4n) is 1.79. The lowest BCUT2D eigenvalue weighted by Gasteiger charge is -2.13. The molecule has 1 atom stereocenters. The molecule has 0 saturated carbocycles. The zero-order valence-corrected chi connectivity index (χ0v) is 10.0. The summed E-state index contributed by atoms with van der Waals surface area (Å²) in [7, 11) is 3.73. The summed E-state index contributed by atoms with van der Waals surface area (Å²) in [5, 5.41) is 4.26. The first-order valence-electron chi connectivity index (χ1n) is 5.20. The van der Waals surface area contributed by atoms with Gasteiger partial charge in [-0.25, -0.2) is 4.98 Å². The third-order valence-electron chi connectivity index (χ3n) is 2.64. The molecule has 4 nitrogen and oxygen atoms in total. The van der Waals surface area contributed by atoms with Crippen LogP contribution in [0.4, 0.5) is 5.13 Å². The van der Waals surface area contributed by atoms with E-state index in [9.17, 15) is 0 Å². The van der Waals surface area contributed by atoms with Crippen molar-refractivity contribution in [2.24, 2.45) is 0 Å². The summed E-state index contributed by atoms with van der Waals surface area (Å²) in [4.78, 5) is 8.02. The highest BCUT2D eigenvalue weighted by atomic mass is 32.1. The third kappa shape index (κ3) is 2.48. The average Bonchev–Trinajstić information content (AvgIpc) is 2.85. The van der Waals surface area contributed by atoms with E-state index in [-0.39, 0.29) is 0 Å². The van der Waals surface area contributed by atoms with Crippen LogP contribution < -0.4 is 10.2 Å². The first-order chi connectivity index (χ1) is 7.33. The molecule has 5 heteroatoms. The van der Waals surface area contributed by atoms with Gasteiger partial charge in [0.05, 0.1) is 6.10 Å². The molecule has 1 fully saturated rings. The van der Waals surface area contributed by atoms with Gasteiger partial charge in [-0.2, -0.15) is 0 Å². The number of aromatic nitrogens is 1. The molecule has 1 aliphatic rings. The van der Waals surface area contributed by atoms with E-state index in [1.54, 1.807) is 18.4 Å². The molecule has 84 valence electrons. The molecule has 1 unspecified atom stereocenters. The van der Waals surface area contributed by atoms with E-state index in [2.05, 4.69) is 15.2 Å². The summed E-state index contributed by atoms with van der Waals surface area (Å²) in [5.74, 6) is 0. The molecule has 2 rings (SSSR count). The van der Waals surface area contributed by atoms with Crippen LogP contribution >= 0.6 is 11.3 Å². The molecule has 0 spiro atoms. The largest absolute Gasteiger partial charge is 0.380 e. The van der Waals surface area contributed by atoms with E-state index in [0.29, 0.717) is 6.10 Å². The first kappa shape index (κ1) is 10.9. The molecule has 1 aromatic heterocycles. The lowest BCUT2D eigenvalue weighted by molar-refractivity contribution is 0.121. The molecule has 0 aromatic carbocycles. The van der Waals surface area contributed by atoms with Gasteiger partial charge in [0.2, 0.25) is 0 Å². The number of nitrogens with zero attached hydrogens (tertiary/aromatic N) is 2. The van der Waals surface area contributed by atoms with Gasteiger partial charge in [-0.15, -0.1) is 11.3 Å². The van der Waals surface area contributed by atoms with Crippen LogP contribution in [0.5, 0.6) is 0 Å². The normalized spacial score (nSPS) is 21.2. The Bertz CT molecular complexity index is 315. The minimum atomic E-state index is 0.377. The highest BCUT2D eigenvalue weighted by molar-refractivity contribution is 7.15. The molecule has 1 saturated heterocycles. The summed E-state index contributed by atoms with van der Waals surface area (Å²) >= 11 is 1.76. The number of hydrogen-bond donors (Lipinski definition) is 1. The molecule has 1 N–H and O–H groups in total. The number of nitrogens with one attached hydrogen (secondary N) is 1. The molecule has 0 radical (unpaired) electrons. The Balaban J connectivity index is 1.97. The van der Waals surface area contributed by atoms with Crippen molar-refractivity contribution in [3.05, 3.63) is 11.1 Å². The van der Waals surface area contributed by atoms with Gasteiger partial charge in [0.15, 0.2) is 5.13 Å². The second-order valence-corrected chi connectivity index (χ2v) is 4.83. The standard InChI is InChI=1S/C10H17N3OS/c1-11-5-9-6-12-10(15-9)13-4-3-8(7-13)14-2/h6,8,11H,3-5,7H2,1-2H3. The average molecular weight is 227 g/mol. The fourth-order valence-corrected chi connectivity index (χ4v) is 2.75. The predicted molar refractivity (Wildman–Crippen MR) is 62.5 cm³/mol. The number of thiazole rings is 1. The van der Waals surface area contributed by atoms with Crippen molar-refractivity contribution in [3.63, 3.8) is 0 Å². The maximum Gasteiger partial charge on any atom is 0.185 e. The SMILES string of the molecule is CNCc1cnc(N2CCC(OC)C2)s1. The van der Waals surface area contributed by atoms with Crippen molar-refractivity contribution in [2.45, 2.75) is 19.1 Å². The summed E-state index contributed by atoms with van der Waals surface area (Å²) in [6.07, 6.45) is 3.44. The van der Waals surface area contributed by atoms with E-state index >= 15 is 0 Å². The summed E-state index contributed by atoms with van der Waals surface area (Å²) in [6, 6.07) is 0. The fraction of sp³-hybridized carbons (Fsp3) is 0.700. The molecule has 2 heterocycles. The van der Waals surface area contributed by atoms with E-state index in [1.165, 1.54) is 4.88 Å². The van der Waals surface area contributed by atoms with Gasteiger partial charge in [0.1, 0.15) is 0 Å². The Kier molecular flexibility index (Phi) is 3.56. The van der Waals surface area contributed by atoms with Crippen LogP contribution in [0.25, 0.3) is 0 Å². The molecule has 0 aliphatic carbocycles. The van der Waals surface area contributed by atoms with Crippen LogP contribution in [0.3, 0.4) is 0 Å². The number of hydrogen-bond acceptors (Lipinski definition) is 5. The zero-order valence-electron chi connectivity index (χ0n) is 9.19. The number of rotatable bonds is 4. The minimum Gasteiger partial charge on any atom is -0.380 e. The minimum absolute atomic E-state index is 0.377. The highest BCUT2D eigenvalue weighted by Gasteiger charge is 2.23. The zero-order chi connectivity index (χ0) is 10.7. The molecule has 1 aromatic rings. The second kappa shape index (κ2) is 4.92. The van der Waals surface area contributed by atoms with Gasteiger partial charge in [0, 0.05) is 37.8 Å². The van der Waals surface area contributed by atoms with Gasteiger partial charge in [-0.1, -0.05) is 0 Å². The van der Waals surface area contributed by atoms with E-state index < -0.39 is 0 Å². The van der Waals surface area contributed by atoms with Crippen molar-refractivity contribution in [1.29, 1.82) is 0 Å². The second-order valence-electron chi connectivity index (χ2n) is 3.73. The maximum absolute atomic E-state index is 5.34. The van der Waals surface area contributed by atoms with Crippen LogP contribution in [0, 0.1) is 0 Å². The van der Waals surface area contributed by atoms with E-state index in [4.69, 9.17) is 4.74 Å². The van der Waals surface area contributed by atoms with Gasteiger partial charge in [0.25, 0.3) is 0 Å². The Morgan fingerprint density at radius 2 is 2.60 bits per heavy atom. The van der Waals surface area contributed by atoms with Gasteiger partial charge in [-0.3, -0.25) is 0 Å².